The first-order valence-corrected chi connectivity index (χ1v) is 6.36. The largest absolute Gasteiger partial charge is 0.490 e. The van der Waals surface area contributed by atoms with E-state index < -0.39 is 12.1 Å². The lowest BCUT2D eigenvalue weighted by Gasteiger charge is -2.12. The fourth-order valence-electron chi connectivity index (χ4n) is 1.71. The highest BCUT2D eigenvalue weighted by atomic mass is 79.9. The van der Waals surface area contributed by atoms with Gasteiger partial charge < -0.3 is 19.7 Å². The van der Waals surface area contributed by atoms with Gasteiger partial charge in [0.1, 0.15) is 0 Å². The van der Waals surface area contributed by atoms with E-state index in [1.807, 2.05) is 0 Å². The van der Waals surface area contributed by atoms with Gasteiger partial charge in [0, 0.05) is 12.8 Å². The molecule has 0 bridgehead atoms. The van der Waals surface area contributed by atoms with Crippen molar-refractivity contribution >= 4 is 21.9 Å². The van der Waals surface area contributed by atoms with Crippen LogP contribution in [0.5, 0.6) is 11.5 Å². The van der Waals surface area contributed by atoms with Crippen LogP contribution in [0.2, 0.25) is 0 Å². The average Bonchev–Trinajstić information content (AvgIpc) is 2.54. The minimum atomic E-state index is -1.42. The van der Waals surface area contributed by atoms with E-state index in [0.29, 0.717) is 34.7 Å². The Labute approximate surface area is 112 Å². The van der Waals surface area contributed by atoms with Crippen molar-refractivity contribution in [2.75, 3.05) is 13.2 Å². The van der Waals surface area contributed by atoms with E-state index in [2.05, 4.69) is 15.9 Å². The maximum atomic E-state index is 10.6. The highest BCUT2D eigenvalue weighted by molar-refractivity contribution is 9.10. The van der Waals surface area contributed by atoms with Gasteiger partial charge >= 0.3 is 5.97 Å². The third kappa shape index (κ3) is 2.94. The second kappa shape index (κ2) is 5.58. The number of carbonyl (C=O) groups is 1. The molecule has 0 fully saturated rings. The van der Waals surface area contributed by atoms with Crippen molar-refractivity contribution in [1.29, 1.82) is 0 Å². The molecule has 1 aromatic rings. The summed E-state index contributed by atoms with van der Waals surface area (Å²) in [5, 5.41) is 18.0. The first-order valence-electron chi connectivity index (χ1n) is 5.57. The van der Waals surface area contributed by atoms with Gasteiger partial charge in [0.05, 0.1) is 17.7 Å². The maximum absolute atomic E-state index is 10.6. The van der Waals surface area contributed by atoms with Crippen LogP contribution >= 0.6 is 15.9 Å². The molecule has 1 heterocycles. The first kappa shape index (κ1) is 13.2. The molecule has 18 heavy (non-hydrogen) atoms. The van der Waals surface area contributed by atoms with Crippen molar-refractivity contribution in [2.24, 2.45) is 0 Å². The molecule has 98 valence electrons. The normalized spacial score (nSPS) is 15.9. The first-order chi connectivity index (χ1) is 8.58. The Balaban J connectivity index is 2.26. The van der Waals surface area contributed by atoms with E-state index in [1.165, 1.54) is 0 Å². The molecule has 5 nitrogen and oxygen atoms in total. The third-order valence-corrected chi connectivity index (χ3v) is 3.17. The van der Waals surface area contributed by atoms with Crippen LogP contribution in [0.4, 0.5) is 0 Å². The highest BCUT2D eigenvalue weighted by Crippen LogP contribution is 2.38. The second-order valence-corrected chi connectivity index (χ2v) is 4.87. The SMILES string of the molecule is O=C(O)C(O)Cc1cc(Br)c2c(c1)OCCCO2. The van der Waals surface area contributed by atoms with Crippen molar-refractivity contribution in [2.45, 2.75) is 18.9 Å². The highest BCUT2D eigenvalue weighted by Gasteiger charge is 2.19. The molecule has 0 aromatic heterocycles. The summed E-state index contributed by atoms with van der Waals surface area (Å²) >= 11 is 3.36. The van der Waals surface area contributed by atoms with Gasteiger partial charge in [-0.3, -0.25) is 0 Å². The van der Waals surface area contributed by atoms with Gasteiger partial charge in [0.25, 0.3) is 0 Å². The zero-order valence-electron chi connectivity index (χ0n) is 9.56. The average molecular weight is 317 g/mol. The fourth-order valence-corrected chi connectivity index (χ4v) is 2.32. The van der Waals surface area contributed by atoms with Crippen LogP contribution in [0.25, 0.3) is 0 Å². The summed E-state index contributed by atoms with van der Waals surface area (Å²) in [6, 6.07) is 3.44. The maximum Gasteiger partial charge on any atom is 0.332 e. The molecular formula is C12H13BrO5. The molecule has 0 saturated carbocycles. The Morgan fingerprint density at radius 2 is 2.11 bits per heavy atom. The van der Waals surface area contributed by atoms with E-state index >= 15 is 0 Å². The molecule has 1 aliphatic rings. The number of hydrogen-bond acceptors (Lipinski definition) is 4. The number of aliphatic carboxylic acids is 1. The number of ether oxygens (including phenoxy) is 2. The van der Waals surface area contributed by atoms with Gasteiger partial charge in [0.2, 0.25) is 0 Å². The number of aliphatic hydroxyl groups excluding tert-OH is 1. The monoisotopic (exact) mass is 316 g/mol. The Morgan fingerprint density at radius 1 is 1.39 bits per heavy atom. The summed E-state index contributed by atoms with van der Waals surface area (Å²) < 4.78 is 11.8. The van der Waals surface area contributed by atoms with Crippen LogP contribution in [0.15, 0.2) is 16.6 Å². The Morgan fingerprint density at radius 3 is 2.83 bits per heavy atom. The van der Waals surface area contributed by atoms with Crippen LogP contribution in [-0.4, -0.2) is 35.5 Å². The summed E-state index contributed by atoms with van der Waals surface area (Å²) in [5.74, 6) is -0.0336. The molecule has 2 rings (SSSR count). The van der Waals surface area contributed by atoms with Crippen LogP contribution < -0.4 is 9.47 Å². The van der Waals surface area contributed by atoms with Crippen LogP contribution in [0.3, 0.4) is 0 Å². The number of aliphatic hydroxyl groups is 1. The number of hydrogen-bond donors (Lipinski definition) is 2. The number of halogens is 1. The Bertz CT molecular complexity index is 460. The quantitative estimate of drug-likeness (QED) is 0.885. The zero-order chi connectivity index (χ0) is 13.1. The molecule has 0 radical (unpaired) electrons. The number of fused-ring (bicyclic) bond motifs is 1. The van der Waals surface area contributed by atoms with Crippen molar-refractivity contribution < 1.29 is 24.5 Å². The molecular weight excluding hydrogens is 304 g/mol. The van der Waals surface area contributed by atoms with E-state index in [-0.39, 0.29) is 6.42 Å². The van der Waals surface area contributed by atoms with Crippen LogP contribution in [0.1, 0.15) is 12.0 Å². The minimum Gasteiger partial charge on any atom is -0.490 e. The van der Waals surface area contributed by atoms with Crippen LogP contribution in [-0.2, 0) is 11.2 Å². The molecule has 0 spiro atoms. The third-order valence-electron chi connectivity index (χ3n) is 2.58. The molecule has 0 amide bonds. The number of benzene rings is 1. The summed E-state index contributed by atoms with van der Waals surface area (Å²) in [6.45, 7) is 1.15. The Hall–Kier alpha value is -1.27. The molecule has 0 saturated heterocycles. The number of rotatable bonds is 3. The van der Waals surface area contributed by atoms with Gasteiger partial charge in [-0.15, -0.1) is 0 Å². The topological polar surface area (TPSA) is 76.0 Å². The van der Waals surface area contributed by atoms with Gasteiger partial charge in [-0.2, -0.15) is 0 Å². The predicted octanol–water partition coefficient (Wildman–Crippen LogP) is 1.60. The lowest BCUT2D eigenvalue weighted by Crippen LogP contribution is -2.22. The van der Waals surface area contributed by atoms with Crippen molar-refractivity contribution in [1.82, 2.24) is 0 Å². The van der Waals surface area contributed by atoms with Gasteiger partial charge in [-0.25, -0.2) is 4.79 Å². The molecule has 1 unspecified atom stereocenters. The molecule has 1 aliphatic heterocycles. The van der Waals surface area contributed by atoms with Gasteiger partial charge in [0.15, 0.2) is 17.6 Å². The molecule has 1 atom stereocenters. The molecule has 1 aromatic carbocycles. The van der Waals surface area contributed by atoms with Crippen molar-refractivity contribution in [3.8, 4) is 11.5 Å². The predicted molar refractivity (Wildman–Crippen MR) is 67.1 cm³/mol. The number of carboxylic acids is 1. The standard InChI is InChI=1S/C12H13BrO5/c13-8-4-7(5-9(14)12(15)16)6-10-11(8)18-3-1-2-17-10/h4,6,9,14H,1-3,5H2,(H,15,16). The number of carboxylic acid groups (broad SMARTS) is 1. The minimum absolute atomic E-state index is 0.0323. The summed E-state index contributed by atoms with van der Waals surface area (Å²) in [7, 11) is 0. The molecule has 2 N–H and O–H groups in total. The van der Waals surface area contributed by atoms with Crippen molar-refractivity contribution in [3.05, 3.63) is 22.2 Å². The summed E-state index contributed by atoms with van der Waals surface area (Å²) in [6.07, 6.45) is -0.583. The lowest BCUT2D eigenvalue weighted by atomic mass is 10.1. The smallest absolute Gasteiger partial charge is 0.332 e. The fraction of sp³-hybridized carbons (Fsp3) is 0.417. The lowest BCUT2D eigenvalue weighted by molar-refractivity contribution is -0.146. The Kier molecular flexibility index (Phi) is 4.08. The van der Waals surface area contributed by atoms with E-state index in [0.717, 1.165) is 6.42 Å². The van der Waals surface area contributed by atoms with E-state index in [9.17, 15) is 9.90 Å². The molecule has 6 heteroatoms. The van der Waals surface area contributed by atoms with Crippen molar-refractivity contribution in [3.63, 3.8) is 0 Å². The summed E-state index contributed by atoms with van der Waals surface area (Å²) in [4.78, 5) is 10.6. The van der Waals surface area contributed by atoms with Gasteiger partial charge in [-0.1, -0.05) is 0 Å². The summed E-state index contributed by atoms with van der Waals surface area (Å²) in [5.41, 5.74) is 0.682. The van der Waals surface area contributed by atoms with Crippen LogP contribution in [0, 0.1) is 0 Å². The van der Waals surface area contributed by atoms with Gasteiger partial charge in [-0.05, 0) is 33.6 Å². The zero-order valence-corrected chi connectivity index (χ0v) is 11.1. The van der Waals surface area contributed by atoms with E-state index in [4.69, 9.17) is 14.6 Å². The van der Waals surface area contributed by atoms with E-state index in [1.54, 1.807) is 12.1 Å². The second-order valence-electron chi connectivity index (χ2n) is 4.01. The molecule has 0 aliphatic carbocycles.